The molecule has 1 atom stereocenters. The van der Waals surface area contributed by atoms with Gasteiger partial charge < -0.3 is 0 Å². The van der Waals surface area contributed by atoms with Gasteiger partial charge in [-0.1, -0.05) is 40.5 Å². The summed E-state index contributed by atoms with van der Waals surface area (Å²) in [5, 5.41) is 4.30. The van der Waals surface area contributed by atoms with E-state index < -0.39 is 0 Å². The first-order valence-electron chi connectivity index (χ1n) is 6.25. The van der Waals surface area contributed by atoms with Crippen LogP contribution in [0.3, 0.4) is 0 Å². The molecule has 15 heavy (non-hydrogen) atoms. The monoisotopic (exact) mass is 210 g/mol. The van der Waals surface area contributed by atoms with Crippen molar-refractivity contribution in [1.29, 1.82) is 0 Å². The van der Waals surface area contributed by atoms with Crippen molar-refractivity contribution in [2.24, 2.45) is 5.92 Å². The molecule has 0 saturated carbocycles. The minimum Gasteiger partial charge on any atom is -0.272 e. The zero-order valence-electron chi connectivity index (χ0n) is 11.0. The second kappa shape index (κ2) is 8.51. The summed E-state index contributed by atoms with van der Waals surface area (Å²) in [7, 11) is 0. The van der Waals surface area contributed by atoms with E-state index >= 15 is 0 Å². The van der Waals surface area contributed by atoms with Gasteiger partial charge in [0, 0.05) is 12.7 Å². The summed E-state index contributed by atoms with van der Waals surface area (Å²) in [5.41, 5.74) is 1.26. The first-order valence-corrected chi connectivity index (χ1v) is 6.25. The molecule has 0 radical (unpaired) electrons. The maximum atomic E-state index is 4.30. The fourth-order valence-electron chi connectivity index (χ4n) is 1.66. The molecule has 88 valence electrons. The third-order valence-electron chi connectivity index (χ3n) is 2.48. The van der Waals surface area contributed by atoms with Crippen LogP contribution >= 0.6 is 0 Å². The average molecular weight is 210 g/mol. The van der Waals surface area contributed by atoms with Crippen LogP contribution in [0.2, 0.25) is 0 Å². The Hall–Kier alpha value is -0.790. The van der Waals surface area contributed by atoms with Gasteiger partial charge in [0.1, 0.15) is 0 Å². The Morgan fingerprint density at radius 1 is 1.33 bits per heavy atom. The molecular weight excluding hydrogens is 184 g/mol. The quantitative estimate of drug-likeness (QED) is 0.717. The zero-order valence-corrected chi connectivity index (χ0v) is 11.0. The molecule has 0 aliphatic heterocycles. The summed E-state index contributed by atoms with van der Waals surface area (Å²) < 4.78 is 2.07. The molecule has 0 aromatic carbocycles. The molecule has 0 N–H and O–H groups in total. The lowest BCUT2D eigenvalue weighted by molar-refractivity contribution is 0.379. The van der Waals surface area contributed by atoms with Crippen molar-refractivity contribution >= 4 is 0 Å². The molecule has 1 heterocycles. The van der Waals surface area contributed by atoms with Crippen LogP contribution in [0.4, 0.5) is 0 Å². The van der Waals surface area contributed by atoms with Gasteiger partial charge in [0.15, 0.2) is 0 Å². The van der Waals surface area contributed by atoms with Gasteiger partial charge in [-0.15, -0.1) is 0 Å². The van der Waals surface area contributed by atoms with E-state index in [0.717, 1.165) is 12.5 Å². The molecule has 2 nitrogen and oxygen atoms in total. The number of aryl methyl sites for hydroxylation is 1. The Kier molecular flexibility index (Phi) is 8.06. The van der Waals surface area contributed by atoms with Gasteiger partial charge in [-0.2, -0.15) is 5.10 Å². The van der Waals surface area contributed by atoms with E-state index in [9.17, 15) is 0 Å². The smallest absolute Gasteiger partial charge is 0.0518 e. The normalized spacial score (nSPS) is 11.8. The van der Waals surface area contributed by atoms with Crippen LogP contribution in [0.1, 0.15) is 52.5 Å². The fourth-order valence-corrected chi connectivity index (χ4v) is 1.66. The molecule has 1 aromatic heterocycles. The summed E-state index contributed by atoms with van der Waals surface area (Å²) in [6.45, 7) is 11.7. The molecule has 1 rings (SSSR count). The molecule has 0 fully saturated rings. The van der Waals surface area contributed by atoms with E-state index in [1.165, 1.54) is 24.8 Å². The molecule has 2 heteroatoms. The van der Waals surface area contributed by atoms with Crippen LogP contribution in [0, 0.1) is 12.8 Å². The Balaban J connectivity index is 0.000000921. The van der Waals surface area contributed by atoms with Crippen LogP contribution in [0.5, 0.6) is 0 Å². The lowest BCUT2D eigenvalue weighted by Gasteiger charge is -2.13. The van der Waals surface area contributed by atoms with Crippen LogP contribution in [0.25, 0.3) is 0 Å². The van der Waals surface area contributed by atoms with Gasteiger partial charge in [-0.05, 0) is 24.8 Å². The maximum Gasteiger partial charge on any atom is 0.0518 e. The third-order valence-corrected chi connectivity index (χ3v) is 2.48. The van der Waals surface area contributed by atoms with Crippen molar-refractivity contribution in [3.63, 3.8) is 0 Å². The Labute approximate surface area is 94.7 Å². The first kappa shape index (κ1) is 14.2. The third kappa shape index (κ3) is 5.60. The molecule has 0 bridgehead atoms. The molecule has 0 amide bonds. The van der Waals surface area contributed by atoms with E-state index in [4.69, 9.17) is 0 Å². The lowest BCUT2D eigenvalue weighted by Crippen LogP contribution is -2.10. The van der Waals surface area contributed by atoms with E-state index in [1.807, 2.05) is 20.0 Å². The summed E-state index contributed by atoms with van der Waals surface area (Å²) in [6.07, 6.45) is 7.90. The second-order valence-electron chi connectivity index (χ2n) is 3.80. The highest BCUT2D eigenvalue weighted by Crippen LogP contribution is 2.13. The van der Waals surface area contributed by atoms with Crippen molar-refractivity contribution in [1.82, 2.24) is 9.78 Å². The van der Waals surface area contributed by atoms with Gasteiger partial charge in [0.25, 0.3) is 0 Å². The molecule has 0 aliphatic carbocycles. The molecule has 1 unspecified atom stereocenters. The van der Waals surface area contributed by atoms with E-state index in [2.05, 4.69) is 36.7 Å². The lowest BCUT2D eigenvalue weighted by atomic mass is 10.0. The number of nitrogens with zero attached hydrogens (tertiary/aromatic N) is 2. The number of rotatable bonds is 5. The van der Waals surface area contributed by atoms with E-state index in [0.29, 0.717) is 0 Å². The predicted octanol–water partition coefficient (Wildman–Crippen LogP) is 4.04. The number of hydrogen-bond acceptors (Lipinski definition) is 1. The maximum absolute atomic E-state index is 4.30. The Morgan fingerprint density at radius 3 is 2.40 bits per heavy atom. The molecule has 0 aliphatic rings. The standard InChI is InChI=1S/C11H20N2.C2H6/c1-4-6-11(5-2)9-13-8-10(3)7-12-13;1-2/h7-8,11H,4-6,9H2,1-3H3;1-2H3. The van der Waals surface area contributed by atoms with Gasteiger partial charge in [0.05, 0.1) is 6.20 Å². The zero-order chi connectivity index (χ0) is 11.7. The summed E-state index contributed by atoms with van der Waals surface area (Å²) >= 11 is 0. The van der Waals surface area contributed by atoms with E-state index in [1.54, 1.807) is 0 Å². The van der Waals surface area contributed by atoms with Crippen molar-refractivity contribution in [3.8, 4) is 0 Å². The van der Waals surface area contributed by atoms with Crippen molar-refractivity contribution in [2.75, 3.05) is 0 Å². The molecular formula is C13H26N2. The van der Waals surface area contributed by atoms with Gasteiger partial charge >= 0.3 is 0 Å². The van der Waals surface area contributed by atoms with Crippen LogP contribution in [0.15, 0.2) is 12.4 Å². The average Bonchev–Trinajstić information content (AvgIpc) is 2.66. The SMILES string of the molecule is CC.CCCC(CC)Cn1cc(C)cn1. The predicted molar refractivity (Wildman–Crippen MR) is 67.0 cm³/mol. The van der Waals surface area contributed by atoms with Gasteiger partial charge in [-0.3, -0.25) is 4.68 Å². The topological polar surface area (TPSA) is 17.8 Å². The van der Waals surface area contributed by atoms with Gasteiger partial charge in [-0.25, -0.2) is 0 Å². The number of hydrogen-bond donors (Lipinski definition) is 0. The second-order valence-corrected chi connectivity index (χ2v) is 3.80. The minimum atomic E-state index is 0.796. The number of aromatic nitrogens is 2. The fraction of sp³-hybridized carbons (Fsp3) is 0.769. The van der Waals surface area contributed by atoms with Gasteiger partial charge in [0.2, 0.25) is 0 Å². The molecule has 1 aromatic rings. The molecule has 0 spiro atoms. The highest BCUT2D eigenvalue weighted by molar-refractivity contribution is 4.99. The van der Waals surface area contributed by atoms with Crippen LogP contribution in [-0.2, 0) is 6.54 Å². The summed E-state index contributed by atoms with van der Waals surface area (Å²) in [4.78, 5) is 0. The van der Waals surface area contributed by atoms with Crippen molar-refractivity contribution < 1.29 is 0 Å². The summed E-state index contributed by atoms with van der Waals surface area (Å²) in [5.74, 6) is 0.796. The highest BCUT2D eigenvalue weighted by Gasteiger charge is 2.06. The van der Waals surface area contributed by atoms with E-state index in [-0.39, 0.29) is 0 Å². The Bertz CT molecular complexity index is 240. The van der Waals surface area contributed by atoms with Crippen molar-refractivity contribution in [3.05, 3.63) is 18.0 Å². The Morgan fingerprint density at radius 2 is 2.00 bits per heavy atom. The first-order chi connectivity index (χ1) is 7.26. The van der Waals surface area contributed by atoms with Crippen LogP contribution < -0.4 is 0 Å². The van der Waals surface area contributed by atoms with Crippen molar-refractivity contribution in [2.45, 2.75) is 60.4 Å². The molecule has 0 saturated heterocycles. The van der Waals surface area contributed by atoms with Crippen LogP contribution in [-0.4, -0.2) is 9.78 Å². The largest absolute Gasteiger partial charge is 0.272 e. The minimum absolute atomic E-state index is 0.796. The summed E-state index contributed by atoms with van der Waals surface area (Å²) in [6, 6.07) is 0. The highest BCUT2D eigenvalue weighted by atomic mass is 15.3.